The van der Waals surface area contributed by atoms with Crippen LogP contribution in [-0.2, 0) is 19.2 Å². The summed E-state index contributed by atoms with van der Waals surface area (Å²) in [5.41, 5.74) is 15.9. The van der Waals surface area contributed by atoms with Gasteiger partial charge in [0.15, 0.2) is 5.96 Å². The molecule has 12 nitrogen and oxygen atoms in total. The van der Waals surface area contributed by atoms with Crippen LogP contribution < -0.4 is 33.2 Å². The molecule has 0 aromatic carbocycles. The van der Waals surface area contributed by atoms with Crippen LogP contribution in [0.25, 0.3) is 0 Å². The maximum Gasteiger partial charge on any atom is 0.326 e. The minimum atomic E-state index is -1.16. The van der Waals surface area contributed by atoms with Crippen molar-refractivity contribution in [1.29, 1.82) is 0 Å². The number of hydrogen-bond donors (Lipinski definition) is 7. The van der Waals surface area contributed by atoms with Gasteiger partial charge in [0.05, 0.1) is 6.54 Å². The van der Waals surface area contributed by atoms with Crippen LogP contribution in [-0.4, -0.2) is 78.0 Å². The summed E-state index contributed by atoms with van der Waals surface area (Å²) in [4.78, 5) is 52.5. The van der Waals surface area contributed by atoms with Crippen molar-refractivity contribution in [2.75, 3.05) is 25.1 Å². The number of hydrogen-bond acceptors (Lipinski definition) is 7. The molecule has 0 spiro atoms. The van der Waals surface area contributed by atoms with E-state index in [1.165, 1.54) is 11.8 Å². The normalized spacial score (nSPS) is 13.6. The van der Waals surface area contributed by atoms with Crippen LogP contribution in [0.1, 0.15) is 33.1 Å². The van der Waals surface area contributed by atoms with Crippen LogP contribution in [0.4, 0.5) is 0 Å². The number of carbonyl (C=O) groups is 4. The highest BCUT2D eigenvalue weighted by atomic mass is 32.2. The SMILES string of the molecule is CSCCC(NC(=O)C(CCCN=C(N)N)NC(=O)C(NC(=O)CN)C(C)C)C(=O)O. The first-order valence-electron chi connectivity index (χ1n) is 9.90. The Morgan fingerprint density at radius 3 is 2.10 bits per heavy atom. The van der Waals surface area contributed by atoms with E-state index in [0.717, 1.165) is 0 Å². The maximum atomic E-state index is 12.8. The van der Waals surface area contributed by atoms with Crippen molar-refractivity contribution < 1.29 is 24.3 Å². The molecule has 0 radical (unpaired) electrons. The van der Waals surface area contributed by atoms with Crippen LogP contribution in [0, 0.1) is 5.92 Å². The molecule has 178 valence electrons. The Labute approximate surface area is 186 Å². The van der Waals surface area contributed by atoms with E-state index in [9.17, 15) is 24.3 Å². The lowest BCUT2D eigenvalue weighted by atomic mass is 10.0. The number of nitrogens with zero attached hydrogens (tertiary/aromatic N) is 1. The summed E-state index contributed by atoms with van der Waals surface area (Å²) in [6.45, 7) is 3.42. The summed E-state index contributed by atoms with van der Waals surface area (Å²) in [5, 5.41) is 16.9. The first-order chi connectivity index (χ1) is 14.5. The standard InChI is InChI=1S/C18H35N7O5S/c1-10(2)14(25-13(26)9-19)16(28)23-11(5-4-7-22-18(20)21)15(27)24-12(17(29)30)6-8-31-3/h10-12,14H,4-9,19H2,1-3H3,(H,23,28)(H,24,27)(H,25,26)(H,29,30)(H4,20,21,22). The average Bonchev–Trinajstić information content (AvgIpc) is 2.70. The largest absolute Gasteiger partial charge is 0.480 e. The second kappa shape index (κ2) is 15.3. The number of nitrogens with two attached hydrogens (primary N) is 3. The maximum absolute atomic E-state index is 12.8. The van der Waals surface area contributed by atoms with Crippen molar-refractivity contribution in [3.05, 3.63) is 0 Å². The topological polar surface area (TPSA) is 215 Å². The number of carboxylic acid groups (broad SMARTS) is 1. The Balaban J connectivity index is 5.38. The van der Waals surface area contributed by atoms with Crippen LogP contribution in [0.15, 0.2) is 4.99 Å². The van der Waals surface area contributed by atoms with Crippen molar-refractivity contribution >= 4 is 41.4 Å². The van der Waals surface area contributed by atoms with Gasteiger partial charge in [-0.25, -0.2) is 4.79 Å². The molecule has 10 N–H and O–H groups in total. The van der Waals surface area contributed by atoms with E-state index >= 15 is 0 Å². The van der Waals surface area contributed by atoms with Gasteiger partial charge in [-0.15, -0.1) is 0 Å². The van der Waals surface area contributed by atoms with Crippen molar-refractivity contribution in [3.63, 3.8) is 0 Å². The van der Waals surface area contributed by atoms with Crippen molar-refractivity contribution in [2.45, 2.75) is 51.2 Å². The molecule has 0 aromatic heterocycles. The molecule has 0 aliphatic rings. The van der Waals surface area contributed by atoms with E-state index in [1.54, 1.807) is 13.8 Å². The van der Waals surface area contributed by atoms with E-state index in [2.05, 4.69) is 20.9 Å². The number of amides is 3. The number of aliphatic imine (C=N–C) groups is 1. The van der Waals surface area contributed by atoms with Gasteiger partial charge in [0.1, 0.15) is 18.1 Å². The highest BCUT2D eigenvalue weighted by Crippen LogP contribution is 2.07. The fourth-order valence-corrected chi connectivity index (χ4v) is 3.04. The van der Waals surface area contributed by atoms with E-state index in [-0.39, 0.29) is 37.8 Å². The van der Waals surface area contributed by atoms with Crippen LogP contribution in [0.3, 0.4) is 0 Å². The molecule has 0 aromatic rings. The van der Waals surface area contributed by atoms with E-state index in [4.69, 9.17) is 17.2 Å². The fraction of sp³-hybridized carbons (Fsp3) is 0.722. The van der Waals surface area contributed by atoms with Gasteiger partial charge in [-0.2, -0.15) is 11.8 Å². The molecule has 0 saturated heterocycles. The zero-order valence-electron chi connectivity index (χ0n) is 18.2. The minimum Gasteiger partial charge on any atom is -0.480 e. The second-order valence-electron chi connectivity index (χ2n) is 7.18. The third kappa shape index (κ3) is 12.0. The molecule has 3 unspecified atom stereocenters. The second-order valence-corrected chi connectivity index (χ2v) is 8.17. The van der Waals surface area contributed by atoms with Gasteiger partial charge in [0.25, 0.3) is 0 Å². The third-order valence-corrected chi connectivity index (χ3v) is 4.90. The van der Waals surface area contributed by atoms with Crippen molar-refractivity contribution in [2.24, 2.45) is 28.1 Å². The Hall–Kier alpha value is -2.54. The fourth-order valence-electron chi connectivity index (χ4n) is 2.57. The lowest BCUT2D eigenvalue weighted by Crippen LogP contribution is -2.57. The van der Waals surface area contributed by atoms with Crippen LogP contribution in [0.2, 0.25) is 0 Å². The predicted octanol–water partition coefficient (Wildman–Crippen LogP) is -2.05. The minimum absolute atomic E-state index is 0.0996. The summed E-state index contributed by atoms with van der Waals surface area (Å²) in [6, 6.07) is -3.03. The molecule has 0 aliphatic carbocycles. The molecule has 0 saturated carbocycles. The van der Waals surface area contributed by atoms with Gasteiger partial charge in [0, 0.05) is 6.54 Å². The average molecular weight is 462 g/mol. The highest BCUT2D eigenvalue weighted by Gasteiger charge is 2.30. The summed E-state index contributed by atoms with van der Waals surface area (Å²) in [6.07, 6.45) is 2.59. The lowest BCUT2D eigenvalue weighted by molar-refractivity contribution is -0.142. The molecule has 31 heavy (non-hydrogen) atoms. The first kappa shape index (κ1) is 28.5. The molecule has 0 rings (SSSR count). The zero-order chi connectivity index (χ0) is 24.0. The molecular formula is C18H35N7O5S. The Bertz CT molecular complexity index is 641. The number of carboxylic acids is 1. The molecular weight excluding hydrogens is 426 g/mol. The molecule has 0 heterocycles. The van der Waals surface area contributed by atoms with Crippen molar-refractivity contribution in [3.8, 4) is 0 Å². The van der Waals surface area contributed by atoms with E-state index in [1.807, 2.05) is 6.26 Å². The summed E-state index contributed by atoms with van der Waals surface area (Å²) < 4.78 is 0. The van der Waals surface area contributed by atoms with Crippen LogP contribution in [0.5, 0.6) is 0 Å². The molecule has 0 aliphatic heterocycles. The highest BCUT2D eigenvalue weighted by molar-refractivity contribution is 7.98. The van der Waals surface area contributed by atoms with Gasteiger partial charge in [0.2, 0.25) is 17.7 Å². The zero-order valence-corrected chi connectivity index (χ0v) is 19.0. The number of nitrogens with one attached hydrogen (secondary N) is 3. The van der Waals surface area contributed by atoms with E-state index < -0.39 is 41.8 Å². The monoisotopic (exact) mass is 461 g/mol. The van der Waals surface area contributed by atoms with Gasteiger partial charge >= 0.3 is 5.97 Å². The number of aliphatic carboxylic acids is 1. The Morgan fingerprint density at radius 1 is 1.00 bits per heavy atom. The lowest BCUT2D eigenvalue weighted by Gasteiger charge is -2.26. The van der Waals surface area contributed by atoms with Gasteiger partial charge in [-0.3, -0.25) is 19.4 Å². The van der Waals surface area contributed by atoms with Crippen molar-refractivity contribution in [1.82, 2.24) is 16.0 Å². The van der Waals surface area contributed by atoms with Gasteiger partial charge in [-0.05, 0) is 37.2 Å². The first-order valence-corrected chi connectivity index (χ1v) is 11.3. The quantitative estimate of drug-likeness (QED) is 0.0810. The number of rotatable bonds is 15. The number of thioether (sulfide) groups is 1. The predicted molar refractivity (Wildman–Crippen MR) is 120 cm³/mol. The third-order valence-electron chi connectivity index (χ3n) is 4.25. The summed E-state index contributed by atoms with van der Waals surface area (Å²) in [7, 11) is 0. The number of carbonyl (C=O) groups excluding carboxylic acids is 3. The number of guanidine groups is 1. The summed E-state index contributed by atoms with van der Waals surface area (Å²) in [5.74, 6) is -2.71. The summed E-state index contributed by atoms with van der Waals surface area (Å²) >= 11 is 1.45. The van der Waals surface area contributed by atoms with Gasteiger partial charge in [-0.1, -0.05) is 13.8 Å². The molecule has 0 bridgehead atoms. The van der Waals surface area contributed by atoms with Crippen LogP contribution >= 0.6 is 11.8 Å². The smallest absolute Gasteiger partial charge is 0.326 e. The molecule has 13 heteroatoms. The Morgan fingerprint density at radius 2 is 1.61 bits per heavy atom. The molecule has 3 amide bonds. The van der Waals surface area contributed by atoms with Gasteiger partial charge < -0.3 is 38.3 Å². The molecule has 3 atom stereocenters. The Kier molecular flexibility index (Phi) is 14.0. The van der Waals surface area contributed by atoms with E-state index in [0.29, 0.717) is 12.2 Å². The molecule has 0 fully saturated rings.